The molecule has 3 rings (SSSR count). The largest absolute Gasteiger partial charge is 0.275 e. The molecule has 1 unspecified atom stereocenters. The summed E-state index contributed by atoms with van der Waals surface area (Å²) in [5, 5.41) is 5.57. The predicted octanol–water partition coefficient (Wildman–Crippen LogP) is 2.34. The van der Waals surface area contributed by atoms with Gasteiger partial charge in [0.15, 0.2) is 0 Å². The molecule has 0 aliphatic rings. The zero-order chi connectivity index (χ0) is 14.8. The van der Waals surface area contributed by atoms with Crippen molar-refractivity contribution in [1.82, 2.24) is 20.2 Å². The first-order chi connectivity index (χ1) is 10.2. The Balaban J connectivity index is 1.89. The molecule has 1 aromatic carbocycles. The van der Waals surface area contributed by atoms with Crippen LogP contribution in [-0.2, 0) is 19.9 Å². The molecule has 0 amide bonds. The number of thiazole rings is 1. The minimum Gasteiger partial charge on any atom is -0.275 e. The third-order valence-corrected chi connectivity index (χ3v) is 4.62. The van der Waals surface area contributed by atoms with Crippen molar-refractivity contribution in [2.24, 2.45) is 12.9 Å². The van der Waals surface area contributed by atoms with E-state index in [4.69, 9.17) is 5.84 Å². The normalized spacial score (nSPS) is 12.9. The monoisotopic (exact) mass is 301 g/mol. The lowest BCUT2D eigenvalue weighted by molar-refractivity contribution is 0.547. The summed E-state index contributed by atoms with van der Waals surface area (Å²) in [7, 11) is 1.94. The van der Waals surface area contributed by atoms with Crippen LogP contribution < -0.4 is 11.3 Å². The summed E-state index contributed by atoms with van der Waals surface area (Å²) >= 11 is 1.72. The van der Waals surface area contributed by atoms with E-state index in [1.807, 2.05) is 36.1 Å². The average Bonchev–Trinajstić information content (AvgIpc) is 3.07. The van der Waals surface area contributed by atoms with Crippen LogP contribution in [0.25, 0.3) is 10.2 Å². The molecule has 0 fully saturated rings. The number of nitrogens with zero attached hydrogens (tertiary/aromatic N) is 3. The van der Waals surface area contributed by atoms with Crippen LogP contribution in [-0.4, -0.2) is 14.8 Å². The van der Waals surface area contributed by atoms with Gasteiger partial charge in [0, 0.05) is 25.2 Å². The van der Waals surface area contributed by atoms with Crippen LogP contribution >= 0.6 is 11.3 Å². The van der Waals surface area contributed by atoms with Gasteiger partial charge in [-0.15, -0.1) is 11.3 Å². The van der Waals surface area contributed by atoms with Crippen LogP contribution in [0, 0.1) is 0 Å². The second-order valence-corrected chi connectivity index (χ2v) is 6.17. The number of fused-ring (bicyclic) bond motifs is 1. The van der Waals surface area contributed by atoms with E-state index in [0.29, 0.717) is 0 Å². The first-order valence-corrected chi connectivity index (χ1v) is 7.86. The number of para-hydroxylation sites is 1. The van der Waals surface area contributed by atoms with Crippen molar-refractivity contribution in [1.29, 1.82) is 0 Å². The van der Waals surface area contributed by atoms with Crippen LogP contribution in [0.1, 0.15) is 29.2 Å². The fourth-order valence-electron chi connectivity index (χ4n) is 2.56. The standard InChI is InChI=1S/C15H19N5S/c1-3-11-10(9-20(2)19-11)13(18-16)8-15-17-12-6-4-5-7-14(12)21-15/h4-7,9,13,18H,3,8,16H2,1-2H3. The molecule has 0 radical (unpaired) electrons. The van der Waals surface area contributed by atoms with Crippen LogP contribution in [0.3, 0.4) is 0 Å². The van der Waals surface area contributed by atoms with Crippen molar-refractivity contribution in [3.8, 4) is 0 Å². The lowest BCUT2D eigenvalue weighted by Gasteiger charge is -2.14. The molecule has 3 aromatic rings. The molecule has 0 bridgehead atoms. The minimum atomic E-state index is 0.0363. The molecule has 0 aliphatic carbocycles. The van der Waals surface area contributed by atoms with Crippen LogP contribution in [0.15, 0.2) is 30.5 Å². The summed E-state index contributed by atoms with van der Waals surface area (Å²) in [6, 6.07) is 8.24. The second kappa shape index (κ2) is 5.93. The third kappa shape index (κ3) is 2.83. The highest BCUT2D eigenvalue weighted by atomic mass is 32.1. The van der Waals surface area contributed by atoms with Gasteiger partial charge in [0.2, 0.25) is 0 Å². The van der Waals surface area contributed by atoms with Gasteiger partial charge in [-0.3, -0.25) is 16.0 Å². The zero-order valence-electron chi connectivity index (χ0n) is 12.2. The van der Waals surface area contributed by atoms with Crippen molar-refractivity contribution >= 4 is 21.6 Å². The maximum atomic E-state index is 5.77. The zero-order valence-corrected chi connectivity index (χ0v) is 13.0. The Hall–Kier alpha value is -1.76. The number of rotatable bonds is 5. The van der Waals surface area contributed by atoms with Gasteiger partial charge in [-0.25, -0.2) is 4.98 Å². The van der Waals surface area contributed by atoms with Crippen molar-refractivity contribution < 1.29 is 0 Å². The predicted molar refractivity (Wildman–Crippen MR) is 86.0 cm³/mol. The molecule has 0 saturated heterocycles. The third-order valence-electron chi connectivity index (χ3n) is 3.57. The maximum Gasteiger partial charge on any atom is 0.0958 e. The SMILES string of the molecule is CCc1nn(C)cc1C(Cc1nc2ccccc2s1)NN. The van der Waals surface area contributed by atoms with Crippen molar-refractivity contribution in [3.05, 3.63) is 46.7 Å². The summed E-state index contributed by atoms with van der Waals surface area (Å²) in [6.45, 7) is 2.11. The minimum absolute atomic E-state index is 0.0363. The van der Waals surface area contributed by atoms with Gasteiger partial charge in [-0.1, -0.05) is 19.1 Å². The van der Waals surface area contributed by atoms with E-state index in [2.05, 4.69) is 28.5 Å². The fourth-order valence-corrected chi connectivity index (χ4v) is 3.57. The van der Waals surface area contributed by atoms with Gasteiger partial charge in [0.05, 0.1) is 27.0 Å². The molecule has 3 N–H and O–H groups in total. The van der Waals surface area contributed by atoms with Crippen molar-refractivity contribution in [2.75, 3.05) is 0 Å². The Morgan fingerprint density at radius 3 is 2.90 bits per heavy atom. The van der Waals surface area contributed by atoms with E-state index < -0.39 is 0 Å². The Bertz CT molecular complexity index is 712. The van der Waals surface area contributed by atoms with Crippen LogP contribution in [0.4, 0.5) is 0 Å². The molecular weight excluding hydrogens is 282 g/mol. The fraction of sp³-hybridized carbons (Fsp3) is 0.333. The summed E-state index contributed by atoms with van der Waals surface area (Å²) in [6.07, 6.45) is 3.71. The van der Waals surface area contributed by atoms with E-state index in [1.165, 1.54) is 4.70 Å². The molecule has 110 valence electrons. The topological polar surface area (TPSA) is 68.8 Å². The summed E-state index contributed by atoms with van der Waals surface area (Å²) in [4.78, 5) is 4.68. The summed E-state index contributed by atoms with van der Waals surface area (Å²) < 4.78 is 3.06. The smallest absolute Gasteiger partial charge is 0.0958 e. The summed E-state index contributed by atoms with van der Waals surface area (Å²) in [5.41, 5.74) is 6.20. The lowest BCUT2D eigenvalue weighted by atomic mass is 10.0. The van der Waals surface area contributed by atoms with E-state index in [9.17, 15) is 0 Å². The first-order valence-electron chi connectivity index (χ1n) is 7.04. The first kappa shape index (κ1) is 14.2. The van der Waals surface area contributed by atoms with Crippen molar-refractivity contribution in [3.63, 3.8) is 0 Å². The highest BCUT2D eigenvalue weighted by Crippen LogP contribution is 2.27. The van der Waals surface area contributed by atoms with E-state index in [1.54, 1.807) is 11.3 Å². The van der Waals surface area contributed by atoms with E-state index >= 15 is 0 Å². The van der Waals surface area contributed by atoms with Gasteiger partial charge in [-0.05, 0) is 18.6 Å². The number of aromatic nitrogens is 3. The molecular formula is C15H19N5S. The lowest BCUT2D eigenvalue weighted by Crippen LogP contribution is -2.30. The molecule has 6 heteroatoms. The quantitative estimate of drug-likeness (QED) is 0.560. The van der Waals surface area contributed by atoms with Crippen LogP contribution in [0.5, 0.6) is 0 Å². The highest BCUT2D eigenvalue weighted by Gasteiger charge is 2.18. The Kier molecular flexibility index (Phi) is 4.01. The molecule has 0 aliphatic heterocycles. The number of hydrogen-bond acceptors (Lipinski definition) is 5. The van der Waals surface area contributed by atoms with Gasteiger partial charge in [0.1, 0.15) is 0 Å². The number of nitrogens with one attached hydrogen (secondary N) is 1. The summed E-state index contributed by atoms with van der Waals surface area (Å²) in [5.74, 6) is 5.77. The molecule has 1 atom stereocenters. The van der Waals surface area contributed by atoms with Gasteiger partial charge in [-0.2, -0.15) is 5.10 Å². The van der Waals surface area contributed by atoms with Crippen LogP contribution in [0.2, 0.25) is 0 Å². The van der Waals surface area contributed by atoms with E-state index in [0.717, 1.165) is 34.6 Å². The number of hydrazine groups is 1. The molecule has 0 spiro atoms. The average molecular weight is 301 g/mol. The number of benzene rings is 1. The highest BCUT2D eigenvalue weighted by molar-refractivity contribution is 7.18. The molecule has 21 heavy (non-hydrogen) atoms. The molecule has 2 aromatic heterocycles. The Labute approximate surface area is 127 Å². The van der Waals surface area contributed by atoms with Gasteiger partial charge < -0.3 is 0 Å². The van der Waals surface area contributed by atoms with Crippen molar-refractivity contribution in [2.45, 2.75) is 25.8 Å². The molecule has 5 nitrogen and oxygen atoms in total. The van der Waals surface area contributed by atoms with E-state index in [-0.39, 0.29) is 6.04 Å². The number of nitrogens with two attached hydrogens (primary N) is 1. The Morgan fingerprint density at radius 2 is 2.19 bits per heavy atom. The number of aryl methyl sites for hydroxylation is 2. The van der Waals surface area contributed by atoms with Gasteiger partial charge in [0.25, 0.3) is 0 Å². The molecule has 2 heterocycles. The molecule has 0 saturated carbocycles. The second-order valence-electron chi connectivity index (χ2n) is 5.06. The Morgan fingerprint density at radius 1 is 1.38 bits per heavy atom. The van der Waals surface area contributed by atoms with Gasteiger partial charge >= 0.3 is 0 Å². The number of hydrogen-bond donors (Lipinski definition) is 2. The maximum absolute atomic E-state index is 5.77.